The van der Waals surface area contributed by atoms with Crippen LogP contribution in [-0.4, -0.2) is 101 Å². The summed E-state index contributed by atoms with van der Waals surface area (Å²) in [5.41, 5.74) is 2.82. The quantitative estimate of drug-likeness (QED) is 0.161. The third-order valence-electron chi connectivity index (χ3n) is 8.68. The third-order valence-corrected chi connectivity index (χ3v) is 8.68. The minimum Gasteiger partial charge on any atom is -0.507 e. The van der Waals surface area contributed by atoms with Gasteiger partial charge in [0.15, 0.2) is 12.1 Å². The van der Waals surface area contributed by atoms with Crippen LogP contribution < -0.4 is 10.1 Å². The first-order valence-corrected chi connectivity index (χ1v) is 15.9. The van der Waals surface area contributed by atoms with Gasteiger partial charge in [-0.1, -0.05) is 17.7 Å². The molecule has 0 amide bonds. The standard InChI is InChI=1S/C24H24O6.C6H12O2.C4H9NO2.CH4O/c1-11(2)16(10-25)12-7-8-13-15(9-12)23(28)19-20(21(13)26)24(29)18-14(22(19)27)5-4-6-17(18)30-3;1-5-3-2-4-6(7)8-5;6-4-3-7-2-1-5-4;1-2/h4-6,12,25-26,28H,7-10H2,1-3H3;5-7H,2-4H2,1H3;4-6H,1-3H2;2H,1H3/t;5-,6?;;/m.0../s1. The van der Waals surface area contributed by atoms with Gasteiger partial charge in [0, 0.05) is 30.3 Å². The van der Waals surface area contributed by atoms with E-state index in [0.29, 0.717) is 37.0 Å². The first kappa shape index (κ1) is 38.1. The van der Waals surface area contributed by atoms with Gasteiger partial charge in [-0.05, 0) is 76.9 Å². The third kappa shape index (κ3) is 8.76. The van der Waals surface area contributed by atoms with E-state index in [9.17, 15) is 24.9 Å². The molecule has 2 saturated heterocycles. The molecule has 0 saturated carbocycles. The van der Waals surface area contributed by atoms with Crippen molar-refractivity contribution >= 4 is 11.6 Å². The highest BCUT2D eigenvalue weighted by molar-refractivity contribution is 6.31. The number of allylic oxidation sites excluding steroid dienone is 1. The molecule has 4 aliphatic rings. The Morgan fingerprint density at radius 1 is 0.979 bits per heavy atom. The molecule has 3 unspecified atom stereocenters. The van der Waals surface area contributed by atoms with E-state index in [4.69, 9.17) is 29.5 Å². The van der Waals surface area contributed by atoms with Crippen molar-refractivity contribution in [1.29, 1.82) is 0 Å². The van der Waals surface area contributed by atoms with Crippen molar-refractivity contribution < 1.29 is 54.4 Å². The Balaban J connectivity index is 0.000000287. The molecule has 0 spiro atoms. The van der Waals surface area contributed by atoms with Crippen molar-refractivity contribution in [3.63, 3.8) is 0 Å². The summed E-state index contributed by atoms with van der Waals surface area (Å²) in [6, 6.07) is 4.72. The lowest BCUT2D eigenvalue weighted by atomic mass is 9.73. The molecule has 2 aliphatic heterocycles. The summed E-state index contributed by atoms with van der Waals surface area (Å²) >= 11 is 0. The largest absolute Gasteiger partial charge is 0.507 e. The lowest BCUT2D eigenvalue weighted by Gasteiger charge is -2.31. The number of methoxy groups -OCH3 is 1. The van der Waals surface area contributed by atoms with E-state index in [1.54, 1.807) is 12.1 Å². The minimum absolute atomic E-state index is 0.00220. The molecule has 12 nitrogen and oxygen atoms in total. The van der Waals surface area contributed by atoms with Crippen LogP contribution in [0.3, 0.4) is 0 Å². The SMILES string of the molecule is CO.COc1cccc2c1C(=O)c1c(O)c3c(c(O)c1C2=O)CC(C(CO)=C(C)C)CC3.C[C@H]1CCCC(O)O1.OC1COCCN1. The number of morpholine rings is 1. The lowest BCUT2D eigenvalue weighted by molar-refractivity contribution is -0.156. The number of aliphatic hydroxyl groups is 4. The predicted octanol–water partition coefficient (Wildman–Crippen LogP) is 2.74. The summed E-state index contributed by atoms with van der Waals surface area (Å²) in [7, 11) is 2.41. The number of carbonyl (C=O) groups excluding carboxylic acids is 2. The number of rotatable bonds is 3. The highest BCUT2D eigenvalue weighted by Crippen LogP contribution is 2.48. The fourth-order valence-corrected chi connectivity index (χ4v) is 6.34. The first-order chi connectivity index (χ1) is 22.5. The van der Waals surface area contributed by atoms with Crippen LogP contribution in [0.4, 0.5) is 0 Å². The molecule has 7 N–H and O–H groups in total. The lowest BCUT2D eigenvalue weighted by Crippen LogP contribution is -2.40. The summed E-state index contributed by atoms with van der Waals surface area (Å²) in [5, 5.41) is 59.2. The topological polar surface area (TPSA) is 195 Å². The Morgan fingerprint density at radius 3 is 2.17 bits per heavy atom. The van der Waals surface area contributed by atoms with Gasteiger partial charge in [-0.15, -0.1) is 0 Å². The van der Waals surface area contributed by atoms with Crippen molar-refractivity contribution in [2.24, 2.45) is 5.92 Å². The number of phenols is 2. The molecule has 6 rings (SSSR count). The van der Waals surface area contributed by atoms with Crippen molar-refractivity contribution in [3.8, 4) is 17.2 Å². The van der Waals surface area contributed by atoms with Gasteiger partial charge in [0.05, 0.1) is 49.7 Å². The molecular weight excluding hydrogens is 610 g/mol. The molecule has 260 valence electrons. The van der Waals surface area contributed by atoms with Gasteiger partial charge in [-0.25, -0.2) is 0 Å². The molecule has 2 heterocycles. The zero-order valence-electron chi connectivity index (χ0n) is 27.8. The van der Waals surface area contributed by atoms with Gasteiger partial charge >= 0.3 is 0 Å². The Bertz CT molecular complexity index is 1420. The summed E-state index contributed by atoms with van der Waals surface area (Å²) in [4.78, 5) is 26.5. The summed E-state index contributed by atoms with van der Waals surface area (Å²) in [6.07, 6.45) is 3.83. The van der Waals surface area contributed by atoms with E-state index in [-0.39, 0.29) is 58.1 Å². The molecule has 2 fully saturated rings. The Kier molecular flexibility index (Phi) is 14.3. The van der Waals surface area contributed by atoms with E-state index in [2.05, 4.69) is 5.32 Å². The zero-order valence-corrected chi connectivity index (χ0v) is 27.8. The van der Waals surface area contributed by atoms with E-state index in [0.717, 1.165) is 50.7 Å². The van der Waals surface area contributed by atoms with Crippen molar-refractivity contribution in [3.05, 3.63) is 62.7 Å². The monoisotopic (exact) mass is 659 g/mol. The van der Waals surface area contributed by atoms with Crippen LogP contribution in [-0.2, 0) is 22.3 Å². The predicted molar refractivity (Wildman–Crippen MR) is 174 cm³/mol. The molecule has 2 aliphatic carbocycles. The maximum absolute atomic E-state index is 13.3. The zero-order chi connectivity index (χ0) is 34.8. The average Bonchev–Trinajstić information content (AvgIpc) is 3.07. The summed E-state index contributed by atoms with van der Waals surface area (Å²) in [5.74, 6) is -1.29. The second kappa shape index (κ2) is 17.7. The number of nitrogens with one attached hydrogen (secondary N) is 1. The van der Waals surface area contributed by atoms with Crippen molar-refractivity contribution in [1.82, 2.24) is 5.32 Å². The highest BCUT2D eigenvalue weighted by atomic mass is 16.6. The Hall–Kier alpha value is -3.36. The number of aromatic hydroxyl groups is 2. The smallest absolute Gasteiger partial charge is 0.202 e. The van der Waals surface area contributed by atoms with Crippen LogP contribution >= 0.6 is 0 Å². The van der Waals surface area contributed by atoms with E-state index in [1.807, 2.05) is 20.8 Å². The number of ether oxygens (including phenoxy) is 3. The fourth-order valence-electron chi connectivity index (χ4n) is 6.34. The van der Waals surface area contributed by atoms with Crippen LogP contribution in [0.5, 0.6) is 17.2 Å². The second-order valence-corrected chi connectivity index (χ2v) is 11.9. The van der Waals surface area contributed by atoms with Gasteiger partial charge in [-0.3, -0.25) is 14.9 Å². The number of benzene rings is 2. The average molecular weight is 660 g/mol. The Labute approximate surface area is 275 Å². The number of ketones is 2. The minimum atomic E-state index is -0.532. The number of aliphatic hydroxyl groups excluding tert-OH is 4. The van der Waals surface area contributed by atoms with Gasteiger partial charge in [0.25, 0.3) is 0 Å². The van der Waals surface area contributed by atoms with Crippen LogP contribution in [0.2, 0.25) is 0 Å². The maximum Gasteiger partial charge on any atom is 0.202 e. The second-order valence-electron chi connectivity index (χ2n) is 11.9. The molecule has 47 heavy (non-hydrogen) atoms. The molecular formula is C35H49NO11. The molecule has 0 bridgehead atoms. The molecule has 2 aromatic rings. The maximum atomic E-state index is 13.3. The molecule has 4 atom stereocenters. The van der Waals surface area contributed by atoms with Crippen LogP contribution in [0.25, 0.3) is 0 Å². The number of hydrogen-bond acceptors (Lipinski definition) is 12. The molecule has 2 aromatic carbocycles. The number of carbonyl (C=O) groups is 2. The molecule has 0 radical (unpaired) electrons. The van der Waals surface area contributed by atoms with E-state index in [1.165, 1.54) is 13.2 Å². The fraction of sp³-hybridized carbons (Fsp3) is 0.543. The van der Waals surface area contributed by atoms with Crippen molar-refractivity contribution in [2.45, 2.75) is 77.9 Å². The number of hydrogen-bond donors (Lipinski definition) is 7. The number of phenolic OH excluding ortho intramolecular Hbond substituents is 2. The van der Waals surface area contributed by atoms with Gasteiger partial charge in [0.2, 0.25) is 5.78 Å². The van der Waals surface area contributed by atoms with Gasteiger partial charge in [0.1, 0.15) is 23.5 Å². The van der Waals surface area contributed by atoms with E-state index >= 15 is 0 Å². The summed E-state index contributed by atoms with van der Waals surface area (Å²) in [6.45, 7) is 7.68. The van der Waals surface area contributed by atoms with Crippen molar-refractivity contribution in [2.75, 3.05) is 40.6 Å². The molecule has 0 aromatic heterocycles. The number of fused-ring (bicyclic) bond motifs is 3. The first-order valence-electron chi connectivity index (χ1n) is 15.9. The molecule has 12 heteroatoms. The summed E-state index contributed by atoms with van der Waals surface area (Å²) < 4.78 is 15.2. The van der Waals surface area contributed by atoms with E-state index < -0.39 is 24.1 Å². The van der Waals surface area contributed by atoms with Crippen LogP contribution in [0.15, 0.2) is 29.3 Å². The van der Waals surface area contributed by atoms with Gasteiger partial charge in [-0.2, -0.15) is 0 Å². The Morgan fingerprint density at radius 2 is 1.66 bits per heavy atom. The van der Waals surface area contributed by atoms with Crippen LogP contribution in [0.1, 0.15) is 89.4 Å². The highest BCUT2D eigenvalue weighted by Gasteiger charge is 2.40. The van der Waals surface area contributed by atoms with Crippen LogP contribution in [0, 0.1) is 5.92 Å². The normalized spacial score (nSPS) is 22.7. The van der Waals surface area contributed by atoms with Gasteiger partial charge < -0.3 is 44.8 Å².